The first-order chi connectivity index (χ1) is 14.8. The van der Waals surface area contributed by atoms with Crippen LogP contribution in [0.5, 0.6) is 5.75 Å². The third-order valence-corrected chi connectivity index (χ3v) is 7.34. The van der Waals surface area contributed by atoms with E-state index in [-0.39, 0.29) is 30.5 Å². The van der Waals surface area contributed by atoms with Gasteiger partial charge < -0.3 is 9.64 Å². The highest BCUT2D eigenvalue weighted by Gasteiger charge is 2.30. The van der Waals surface area contributed by atoms with Crippen LogP contribution < -0.4 is 4.74 Å². The standard InChI is InChI=1S/C23H25N3O4S/c1-17-6-10-20(11-7-17)31(28,29)26-14-12-25(13-15-26)22(27)16-30-21-5-3-4-19-9-8-18(2)24-23(19)21/h3-11H,12-16H2,1-2H3. The van der Waals surface area contributed by atoms with Crippen LogP contribution in [0.15, 0.2) is 59.5 Å². The van der Waals surface area contributed by atoms with Crippen molar-refractivity contribution in [1.82, 2.24) is 14.2 Å². The highest BCUT2D eigenvalue weighted by atomic mass is 32.2. The lowest BCUT2D eigenvalue weighted by molar-refractivity contribution is -0.134. The molecule has 2 aromatic carbocycles. The number of hydrogen-bond acceptors (Lipinski definition) is 5. The molecule has 0 unspecified atom stereocenters. The molecule has 0 spiro atoms. The number of aryl methyl sites for hydroxylation is 2. The fourth-order valence-corrected chi connectivity index (χ4v) is 5.02. The van der Waals surface area contributed by atoms with Gasteiger partial charge in [-0.15, -0.1) is 0 Å². The number of rotatable bonds is 5. The molecular formula is C23H25N3O4S. The molecule has 1 fully saturated rings. The van der Waals surface area contributed by atoms with Crippen LogP contribution in [-0.4, -0.2) is 61.3 Å². The van der Waals surface area contributed by atoms with Crippen LogP contribution in [0.4, 0.5) is 0 Å². The van der Waals surface area contributed by atoms with Crippen molar-refractivity contribution in [2.75, 3.05) is 32.8 Å². The van der Waals surface area contributed by atoms with E-state index in [4.69, 9.17) is 4.74 Å². The van der Waals surface area contributed by atoms with Crippen LogP contribution in [-0.2, 0) is 14.8 Å². The number of fused-ring (bicyclic) bond motifs is 1. The van der Waals surface area contributed by atoms with Gasteiger partial charge in [0.15, 0.2) is 6.61 Å². The first-order valence-corrected chi connectivity index (χ1v) is 11.6. The minimum atomic E-state index is -3.56. The number of aromatic nitrogens is 1. The Balaban J connectivity index is 1.37. The van der Waals surface area contributed by atoms with Crippen molar-refractivity contribution in [2.45, 2.75) is 18.7 Å². The Kier molecular flexibility index (Phi) is 5.93. The van der Waals surface area contributed by atoms with E-state index in [0.29, 0.717) is 18.8 Å². The van der Waals surface area contributed by atoms with Crippen LogP contribution in [0.3, 0.4) is 0 Å². The van der Waals surface area contributed by atoms with Gasteiger partial charge in [-0.2, -0.15) is 4.31 Å². The lowest BCUT2D eigenvalue weighted by atomic mass is 10.2. The molecule has 31 heavy (non-hydrogen) atoms. The van der Waals surface area contributed by atoms with Crippen molar-refractivity contribution in [1.29, 1.82) is 0 Å². The molecule has 2 heterocycles. The van der Waals surface area contributed by atoms with Gasteiger partial charge in [-0.1, -0.05) is 35.9 Å². The fraction of sp³-hybridized carbons (Fsp3) is 0.304. The maximum atomic E-state index is 12.8. The van der Waals surface area contributed by atoms with E-state index in [1.54, 1.807) is 35.2 Å². The SMILES string of the molecule is Cc1ccc(S(=O)(=O)N2CCN(C(=O)COc3cccc4ccc(C)nc34)CC2)cc1. The van der Waals surface area contributed by atoms with E-state index in [1.165, 1.54) is 4.31 Å². The minimum absolute atomic E-state index is 0.112. The number of sulfonamides is 1. The molecule has 0 aliphatic carbocycles. The zero-order valence-corrected chi connectivity index (χ0v) is 18.4. The van der Waals surface area contributed by atoms with Crippen molar-refractivity contribution in [3.05, 3.63) is 65.9 Å². The first kappa shape index (κ1) is 21.3. The molecule has 1 amide bonds. The number of pyridine rings is 1. The number of amides is 1. The largest absolute Gasteiger partial charge is 0.481 e. The second-order valence-electron chi connectivity index (χ2n) is 7.67. The van der Waals surface area contributed by atoms with Gasteiger partial charge in [-0.3, -0.25) is 4.79 Å². The maximum absolute atomic E-state index is 12.8. The smallest absolute Gasteiger partial charge is 0.260 e. The van der Waals surface area contributed by atoms with Crippen LogP contribution in [0.1, 0.15) is 11.3 Å². The number of hydrogen-bond donors (Lipinski definition) is 0. The Morgan fingerprint density at radius 2 is 1.68 bits per heavy atom. The third kappa shape index (κ3) is 4.55. The Hall–Kier alpha value is -2.97. The summed E-state index contributed by atoms with van der Waals surface area (Å²) >= 11 is 0. The van der Waals surface area contributed by atoms with Gasteiger partial charge >= 0.3 is 0 Å². The highest BCUT2D eigenvalue weighted by molar-refractivity contribution is 7.89. The summed E-state index contributed by atoms with van der Waals surface area (Å²) in [5.41, 5.74) is 2.61. The molecule has 4 rings (SSSR count). The molecule has 0 N–H and O–H groups in total. The lowest BCUT2D eigenvalue weighted by Crippen LogP contribution is -2.51. The highest BCUT2D eigenvalue weighted by Crippen LogP contribution is 2.24. The van der Waals surface area contributed by atoms with Crippen LogP contribution in [0.2, 0.25) is 0 Å². The summed E-state index contributed by atoms with van der Waals surface area (Å²) in [5.74, 6) is 0.396. The van der Waals surface area contributed by atoms with Gasteiger partial charge in [0.2, 0.25) is 10.0 Å². The Bertz CT molecular complexity index is 1200. The minimum Gasteiger partial charge on any atom is -0.481 e. The summed E-state index contributed by atoms with van der Waals surface area (Å²) in [6.45, 7) is 4.90. The van der Waals surface area contributed by atoms with E-state index in [1.807, 2.05) is 38.1 Å². The summed E-state index contributed by atoms with van der Waals surface area (Å²) in [6.07, 6.45) is 0. The Labute approximate surface area is 182 Å². The van der Waals surface area contributed by atoms with Gasteiger partial charge in [-0.05, 0) is 38.1 Å². The number of carbonyl (C=O) groups is 1. The van der Waals surface area contributed by atoms with E-state index in [9.17, 15) is 13.2 Å². The van der Waals surface area contributed by atoms with Gasteiger partial charge in [-0.25, -0.2) is 13.4 Å². The molecular weight excluding hydrogens is 414 g/mol. The average Bonchev–Trinajstić information content (AvgIpc) is 2.78. The molecule has 0 atom stereocenters. The lowest BCUT2D eigenvalue weighted by Gasteiger charge is -2.34. The molecule has 0 radical (unpaired) electrons. The molecule has 0 bridgehead atoms. The molecule has 1 aliphatic heterocycles. The van der Waals surface area contributed by atoms with Crippen molar-refractivity contribution < 1.29 is 17.9 Å². The Morgan fingerprint density at radius 3 is 2.39 bits per heavy atom. The normalized spacial score (nSPS) is 15.2. The van der Waals surface area contributed by atoms with Crippen molar-refractivity contribution in [2.24, 2.45) is 0 Å². The van der Waals surface area contributed by atoms with Crippen LogP contribution in [0.25, 0.3) is 10.9 Å². The monoisotopic (exact) mass is 439 g/mol. The van der Waals surface area contributed by atoms with Gasteiger partial charge in [0.05, 0.1) is 4.90 Å². The van der Waals surface area contributed by atoms with Crippen LogP contribution in [0, 0.1) is 13.8 Å². The number of benzene rings is 2. The Morgan fingerprint density at radius 1 is 0.968 bits per heavy atom. The third-order valence-electron chi connectivity index (χ3n) is 5.42. The fourth-order valence-electron chi connectivity index (χ4n) is 3.60. The van der Waals surface area contributed by atoms with E-state index in [2.05, 4.69) is 4.98 Å². The number of carbonyl (C=O) groups excluding carboxylic acids is 1. The van der Waals surface area contributed by atoms with Gasteiger partial charge in [0.1, 0.15) is 11.3 Å². The van der Waals surface area contributed by atoms with Crippen LogP contribution >= 0.6 is 0 Å². The number of para-hydroxylation sites is 1. The predicted molar refractivity (Wildman–Crippen MR) is 118 cm³/mol. The zero-order valence-electron chi connectivity index (χ0n) is 17.6. The van der Waals surface area contributed by atoms with Crippen molar-refractivity contribution in [3.63, 3.8) is 0 Å². The predicted octanol–water partition coefficient (Wildman–Crippen LogP) is 2.76. The average molecular weight is 440 g/mol. The maximum Gasteiger partial charge on any atom is 0.260 e. The summed E-state index contributed by atoms with van der Waals surface area (Å²) in [5, 5.41) is 0.950. The van der Waals surface area contributed by atoms with Crippen molar-refractivity contribution >= 4 is 26.8 Å². The summed E-state index contributed by atoms with van der Waals surface area (Å²) < 4.78 is 32.9. The van der Waals surface area contributed by atoms with E-state index in [0.717, 1.165) is 22.2 Å². The second kappa shape index (κ2) is 8.64. The first-order valence-electron chi connectivity index (χ1n) is 10.2. The molecule has 8 heteroatoms. The topological polar surface area (TPSA) is 79.8 Å². The molecule has 162 valence electrons. The van der Waals surface area contributed by atoms with E-state index >= 15 is 0 Å². The molecule has 1 aliphatic rings. The molecule has 3 aromatic rings. The second-order valence-corrected chi connectivity index (χ2v) is 9.61. The molecule has 0 saturated carbocycles. The van der Waals surface area contributed by atoms with Crippen molar-refractivity contribution in [3.8, 4) is 5.75 Å². The number of ether oxygens (including phenoxy) is 1. The van der Waals surface area contributed by atoms with Gasteiger partial charge in [0.25, 0.3) is 5.91 Å². The summed E-state index contributed by atoms with van der Waals surface area (Å²) in [6, 6.07) is 16.3. The van der Waals surface area contributed by atoms with E-state index < -0.39 is 10.0 Å². The summed E-state index contributed by atoms with van der Waals surface area (Å²) in [4.78, 5) is 19.1. The number of nitrogens with zero attached hydrogens (tertiary/aromatic N) is 3. The molecule has 1 aromatic heterocycles. The quantitative estimate of drug-likeness (QED) is 0.611. The zero-order chi connectivity index (χ0) is 22.0. The molecule has 7 nitrogen and oxygen atoms in total. The van der Waals surface area contributed by atoms with Gasteiger partial charge in [0, 0.05) is 37.3 Å². The number of piperazine rings is 1. The molecule has 1 saturated heterocycles. The summed E-state index contributed by atoms with van der Waals surface area (Å²) in [7, 11) is -3.56.